The predicted octanol–water partition coefficient (Wildman–Crippen LogP) is 12.3. The van der Waals surface area contributed by atoms with Crippen molar-refractivity contribution in [3.63, 3.8) is 0 Å². The van der Waals surface area contributed by atoms with Gasteiger partial charge < -0.3 is 0 Å². The lowest BCUT2D eigenvalue weighted by atomic mass is 9.80. The monoisotopic (exact) mass is 566 g/mol. The Bertz CT molecular complexity index is 2440. The normalized spacial score (nSPS) is 13.7. The van der Waals surface area contributed by atoms with Gasteiger partial charge >= 0.3 is 0 Å². The van der Waals surface area contributed by atoms with Crippen LogP contribution in [0.2, 0.25) is 0 Å². The summed E-state index contributed by atoms with van der Waals surface area (Å²) < 4.78 is 2.70. The van der Waals surface area contributed by atoms with E-state index in [-0.39, 0.29) is 5.41 Å². The zero-order chi connectivity index (χ0) is 28.9. The summed E-state index contributed by atoms with van der Waals surface area (Å²) in [6.45, 7) is 6.96. The number of fused-ring (bicyclic) bond motifs is 8. The minimum atomic E-state index is -0.0408. The lowest BCUT2D eigenvalue weighted by molar-refractivity contribution is 0.660. The second kappa shape index (κ2) is 8.89. The van der Waals surface area contributed by atoms with Gasteiger partial charge in [0.2, 0.25) is 0 Å². The van der Waals surface area contributed by atoms with Crippen LogP contribution in [0.1, 0.15) is 30.5 Å². The van der Waals surface area contributed by atoms with Crippen LogP contribution >= 0.6 is 11.3 Å². The fraction of sp³-hybridized carbons (Fsp3) is 0.0952. The number of hydrogen-bond acceptors (Lipinski definition) is 1. The van der Waals surface area contributed by atoms with Gasteiger partial charge in [-0.15, -0.1) is 11.3 Å². The predicted molar refractivity (Wildman–Crippen MR) is 188 cm³/mol. The molecule has 1 aliphatic rings. The first-order chi connectivity index (χ1) is 21.0. The first kappa shape index (κ1) is 24.8. The molecule has 0 nitrogen and oxygen atoms in total. The summed E-state index contributed by atoms with van der Waals surface area (Å²) in [7, 11) is 0. The van der Waals surface area contributed by atoms with Crippen LogP contribution in [0.5, 0.6) is 0 Å². The summed E-state index contributed by atoms with van der Waals surface area (Å²) in [4.78, 5) is 0. The van der Waals surface area contributed by atoms with Crippen LogP contribution in [-0.2, 0) is 5.41 Å². The van der Waals surface area contributed by atoms with E-state index in [0.29, 0.717) is 0 Å². The molecule has 8 aromatic rings. The van der Waals surface area contributed by atoms with Crippen molar-refractivity contribution in [1.29, 1.82) is 0 Å². The molecule has 0 amide bonds. The van der Waals surface area contributed by atoms with Gasteiger partial charge in [-0.3, -0.25) is 0 Å². The summed E-state index contributed by atoms with van der Waals surface area (Å²) >= 11 is 1.91. The Balaban J connectivity index is 1.39. The third-order valence-corrected chi connectivity index (χ3v) is 10.9. The van der Waals surface area contributed by atoms with Crippen LogP contribution < -0.4 is 0 Å². The Morgan fingerprint density at radius 2 is 1.12 bits per heavy atom. The summed E-state index contributed by atoms with van der Waals surface area (Å²) in [5.74, 6) is 0. The molecule has 1 aliphatic carbocycles. The molecular weight excluding hydrogens is 537 g/mol. The van der Waals surface area contributed by atoms with Crippen LogP contribution in [0.15, 0.2) is 127 Å². The first-order valence-electron chi connectivity index (χ1n) is 15.1. The van der Waals surface area contributed by atoms with Crippen molar-refractivity contribution in [2.45, 2.75) is 26.2 Å². The molecule has 0 unspecified atom stereocenters. The minimum Gasteiger partial charge on any atom is -0.135 e. The Hall–Kier alpha value is -4.72. The van der Waals surface area contributed by atoms with Crippen molar-refractivity contribution in [1.82, 2.24) is 0 Å². The standard InChI is InChI=1S/C42H30S/c1-25-19-21-32-35(23-25)40(34-16-10-15-33-29-12-7-9-18-38(29)43-41(33)34)31-14-5-4-13-30(31)39(32)26-20-22-28-27-11-6-8-17-36(27)42(2,3)37(28)24-26/h4-24H,1-3H3. The van der Waals surface area contributed by atoms with E-state index in [4.69, 9.17) is 0 Å². The number of rotatable bonds is 2. The largest absolute Gasteiger partial charge is 0.135 e. The maximum absolute atomic E-state index is 2.47. The molecular formula is C42H30S. The van der Waals surface area contributed by atoms with Gasteiger partial charge in [0.05, 0.1) is 0 Å². The molecule has 0 fully saturated rings. The zero-order valence-corrected chi connectivity index (χ0v) is 25.3. The third kappa shape index (κ3) is 3.43. The van der Waals surface area contributed by atoms with Crippen molar-refractivity contribution in [3.8, 4) is 33.4 Å². The first-order valence-corrected chi connectivity index (χ1v) is 15.9. The third-order valence-electron chi connectivity index (χ3n) is 9.73. The quantitative estimate of drug-likeness (QED) is 0.183. The van der Waals surface area contributed by atoms with Gasteiger partial charge in [-0.1, -0.05) is 135 Å². The van der Waals surface area contributed by atoms with Crippen molar-refractivity contribution in [3.05, 3.63) is 144 Å². The van der Waals surface area contributed by atoms with E-state index >= 15 is 0 Å². The van der Waals surface area contributed by atoms with Crippen LogP contribution in [0.25, 0.3) is 75.1 Å². The summed E-state index contributed by atoms with van der Waals surface area (Å²) in [6, 6.07) is 47.8. The van der Waals surface area contributed by atoms with Crippen LogP contribution in [-0.4, -0.2) is 0 Å². The minimum absolute atomic E-state index is 0.0408. The molecule has 1 heteroatoms. The maximum Gasteiger partial charge on any atom is 0.0434 e. The average Bonchev–Trinajstić information content (AvgIpc) is 3.52. The van der Waals surface area contributed by atoms with E-state index in [1.807, 2.05) is 11.3 Å². The molecule has 1 aromatic heterocycles. The Kier molecular flexibility index (Phi) is 5.14. The highest BCUT2D eigenvalue weighted by molar-refractivity contribution is 7.26. The smallest absolute Gasteiger partial charge is 0.0434 e. The second-order valence-electron chi connectivity index (χ2n) is 12.6. The van der Waals surface area contributed by atoms with Crippen molar-refractivity contribution in [2.75, 3.05) is 0 Å². The molecule has 9 rings (SSSR count). The number of benzene rings is 7. The highest BCUT2D eigenvalue weighted by atomic mass is 32.1. The molecule has 1 heterocycles. The number of aryl methyl sites for hydroxylation is 1. The fourth-order valence-electron chi connectivity index (χ4n) is 7.70. The van der Waals surface area contributed by atoms with Crippen LogP contribution in [0, 0.1) is 6.92 Å². The number of thiophene rings is 1. The van der Waals surface area contributed by atoms with Gasteiger partial charge in [-0.05, 0) is 79.5 Å². The zero-order valence-electron chi connectivity index (χ0n) is 24.5. The Morgan fingerprint density at radius 3 is 1.98 bits per heavy atom. The lowest BCUT2D eigenvalue weighted by Crippen LogP contribution is -2.14. The van der Waals surface area contributed by atoms with Crippen molar-refractivity contribution >= 4 is 53.1 Å². The highest BCUT2D eigenvalue weighted by Crippen LogP contribution is 2.52. The van der Waals surface area contributed by atoms with E-state index in [2.05, 4.69) is 148 Å². The van der Waals surface area contributed by atoms with Crippen LogP contribution in [0.3, 0.4) is 0 Å². The SMILES string of the molecule is Cc1ccc2c(-c3ccc4c(c3)C(C)(C)c3ccccc3-4)c3ccccc3c(-c3cccc4c3sc3ccccc34)c2c1. The highest BCUT2D eigenvalue weighted by Gasteiger charge is 2.35. The Labute approximate surface area is 255 Å². The molecule has 0 atom stereocenters. The molecule has 0 bridgehead atoms. The number of hydrogen-bond donors (Lipinski definition) is 0. The molecule has 0 aliphatic heterocycles. The molecule has 0 radical (unpaired) electrons. The fourth-order valence-corrected chi connectivity index (χ4v) is 8.92. The maximum atomic E-state index is 2.47. The molecule has 204 valence electrons. The summed E-state index contributed by atoms with van der Waals surface area (Å²) in [6.07, 6.45) is 0. The lowest BCUT2D eigenvalue weighted by Gasteiger charge is -2.23. The average molecular weight is 567 g/mol. The van der Waals surface area contributed by atoms with E-state index in [1.165, 1.54) is 91.8 Å². The van der Waals surface area contributed by atoms with E-state index in [1.54, 1.807) is 0 Å². The van der Waals surface area contributed by atoms with Crippen molar-refractivity contribution < 1.29 is 0 Å². The van der Waals surface area contributed by atoms with Crippen molar-refractivity contribution in [2.24, 2.45) is 0 Å². The molecule has 7 aromatic carbocycles. The van der Waals surface area contributed by atoms with E-state index < -0.39 is 0 Å². The van der Waals surface area contributed by atoms with Gasteiger partial charge in [0.25, 0.3) is 0 Å². The Morgan fingerprint density at radius 1 is 0.465 bits per heavy atom. The van der Waals surface area contributed by atoms with Gasteiger partial charge in [0, 0.05) is 31.2 Å². The van der Waals surface area contributed by atoms with Gasteiger partial charge in [0.1, 0.15) is 0 Å². The summed E-state index contributed by atoms with van der Waals surface area (Å²) in [5, 5.41) is 7.93. The van der Waals surface area contributed by atoms with Gasteiger partial charge in [0.15, 0.2) is 0 Å². The molecule has 0 saturated carbocycles. The summed E-state index contributed by atoms with van der Waals surface area (Å²) in [5.41, 5.74) is 12.1. The topological polar surface area (TPSA) is 0 Å². The van der Waals surface area contributed by atoms with E-state index in [0.717, 1.165) is 0 Å². The molecule has 0 spiro atoms. The van der Waals surface area contributed by atoms with Gasteiger partial charge in [-0.2, -0.15) is 0 Å². The second-order valence-corrected chi connectivity index (χ2v) is 13.6. The van der Waals surface area contributed by atoms with Crippen LogP contribution in [0.4, 0.5) is 0 Å². The molecule has 0 N–H and O–H groups in total. The molecule has 43 heavy (non-hydrogen) atoms. The molecule has 0 saturated heterocycles. The van der Waals surface area contributed by atoms with E-state index in [9.17, 15) is 0 Å². The van der Waals surface area contributed by atoms with Gasteiger partial charge in [-0.25, -0.2) is 0 Å².